The highest BCUT2D eigenvalue weighted by atomic mass is 35.5. The molecule has 0 bridgehead atoms. The number of benzene rings is 2. The summed E-state index contributed by atoms with van der Waals surface area (Å²) in [6.07, 6.45) is 5.08. The van der Waals surface area contributed by atoms with Crippen molar-refractivity contribution in [2.45, 2.75) is 36.6 Å². The van der Waals surface area contributed by atoms with Crippen molar-refractivity contribution < 1.29 is 17.9 Å². The number of rotatable bonds is 6. The first kappa shape index (κ1) is 22.9. The Labute approximate surface area is 194 Å². The van der Waals surface area contributed by atoms with E-state index in [0.29, 0.717) is 35.5 Å². The van der Waals surface area contributed by atoms with E-state index in [4.69, 9.17) is 16.3 Å². The molecule has 2 fully saturated rings. The number of hydrogen-bond donors (Lipinski definition) is 1. The number of halogens is 1. The first-order valence-corrected chi connectivity index (χ1v) is 12.7. The lowest BCUT2D eigenvalue weighted by atomic mass is 10.1. The van der Waals surface area contributed by atoms with E-state index in [9.17, 15) is 13.2 Å². The molecule has 1 aliphatic carbocycles. The number of ether oxygens (including phenoxy) is 1. The van der Waals surface area contributed by atoms with Gasteiger partial charge >= 0.3 is 0 Å². The average Bonchev–Trinajstić information content (AvgIpc) is 3.34. The number of nitrogens with zero attached hydrogens (tertiary/aromatic N) is 2. The molecule has 0 unspecified atom stereocenters. The van der Waals surface area contributed by atoms with Gasteiger partial charge in [-0.25, -0.2) is 8.42 Å². The molecule has 2 aromatic rings. The van der Waals surface area contributed by atoms with E-state index in [1.54, 1.807) is 24.3 Å². The SMILES string of the molecule is COc1ccc(Cl)cc1NS(=O)(=O)c1cccc(C(=O)N2CCN(C3CCCC3)CC2)c1. The van der Waals surface area contributed by atoms with Crippen molar-refractivity contribution in [1.29, 1.82) is 0 Å². The zero-order valence-electron chi connectivity index (χ0n) is 18.1. The van der Waals surface area contributed by atoms with Crippen molar-refractivity contribution in [2.75, 3.05) is 38.0 Å². The molecule has 1 aliphatic heterocycles. The minimum atomic E-state index is -3.94. The maximum Gasteiger partial charge on any atom is 0.262 e. The fourth-order valence-electron chi connectivity index (χ4n) is 4.50. The standard InChI is InChI=1S/C23H28ClN3O4S/c1-31-22-10-9-18(24)16-21(22)25-32(29,30)20-8-4-5-17(15-20)23(28)27-13-11-26(12-14-27)19-6-2-3-7-19/h4-5,8-10,15-16,19,25H,2-3,6-7,11-14H2,1H3. The summed E-state index contributed by atoms with van der Waals surface area (Å²) in [5.41, 5.74) is 0.597. The third kappa shape index (κ3) is 5.03. The third-order valence-corrected chi connectivity index (χ3v) is 7.84. The molecule has 1 heterocycles. The van der Waals surface area contributed by atoms with Crippen LogP contribution in [0.3, 0.4) is 0 Å². The molecule has 4 rings (SSSR count). The predicted octanol–water partition coefficient (Wildman–Crippen LogP) is 3.85. The van der Waals surface area contributed by atoms with Crippen molar-refractivity contribution >= 4 is 33.2 Å². The van der Waals surface area contributed by atoms with E-state index in [-0.39, 0.29) is 16.5 Å². The number of nitrogens with one attached hydrogen (secondary N) is 1. The minimum Gasteiger partial charge on any atom is -0.495 e. The summed E-state index contributed by atoms with van der Waals surface area (Å²) in [4.78, 5) is 17.4. The van der Waals surface area contributed by atoms with Gasteiger partial charge in [0.1, 0.15) is 5.75 Å². The highest BCUT2D eigenvalue weighted by Gasteiger charge is 2.28. The lowest BCUT2D eigenvalue weighted by Crippen LogP contribution is -2.51. The van der Waals surface area contributed by atoms with Gasteiger partial charge in [-0.2, -0.15) is 0 Å². The van der Waals surface area contributed by atoms with Crippen LogP contribution in [0.25, 0.3) is 0 Å². The molecule has 1 amide bonds. The van der Waals surface area contributed by atoms with Crippen LogP contribution in [0.4, 0.5) is 5.69 Å². The second kappa shape index (κ2) is 9.68. The van der Waals surface area contributed by atoms with E-state index >= 15 is 0 Å². The summed E-state index contributed by atoms with van der Waals surface area (Å²) >= 11 is 6.01. The van der Waals surface area contributed by atoms with Crippen molar-refractivity contribution in [1.82, 2.24) is 9.80 Å². The molecule has 0 spiro atoms. The summed E-state index contributed by atoms with van der Waals surface area (Å²) in [5.74, 6) is 0.207. The van der Waals surface area contributed by atoms with Crippen LogP contribution in [0.2, 0.25) is 5.02 Å². The van der Waals surface area contributed by atoms with E-state index < -0.39 is 10.0 Å². The van der Waals surface area contributed by atoms with E-state index in [0.717, 1.165) is 13.1 Å². The third-order valence-electron chi connectivity index (χ3n) is 6.24. The monoisotopic (exact) mass is 477 g/mol. The molecule has 2 aliphatic rings. The molecule has 1 saturated carbocycles. The Kier molecular flexibility index (Phi) is 6.93. The number of anilines is 1. The maximum atomic E-state index is 13.1. The van der Waals surface area contributed by atoms with Crippen LogP contribution in [0.1, 0.15) is 36.0 Å². The zero-order chi connectivity index (χ0) is 22.7. The zero-order valence-corrected chi connectivity index (χ0v) is 19.7. The van der Waals surface area contributed by atoms with E-state index in [1.807, 2.05) is 4.90 Å². The molecule has 1 saturated heterocycles. The Balaban J connectivity index is 1.47. The molecule has 9 heteroatoms. The lowest BCUT2D eigenvalue weighted by molar-refractivity contribution is 0.0573. The largest absolute Gasteiger partial charge is 0.495 e. The van der Waals surface area contributed by atoms with Gasteiger partial charge in [-0.05, 0) is 49.2 Å². The molecule has 32 heavy (non-hydrogen) atoms. The second-order valence-electron chi connectivity index (χ2n) is 8.24. The Hall–Kier alpha value is -2.29. The van der Waals surface area contributed by atoms with Gasteiger partial charge in [-0.3, -0.25) is 14.4 Å². The molecular weight excluding hydrogens is 450 g/mol. The summed E-state index contributed by atoms with van der Waals surface area (Å²) in [7, 11) is -2.49. The van der Waals surface area contributed by atoms with Gasteiger partial charge in [0, 0.05) is 42.8 Å². The van der Waals surface area contributed by atoms with Gasteiger partial charge in [-0.1, -0.05) is 30.5 Å². The quantitative estimate of drug-likeness (QED) is 0.683. The van der Waals surface area contributed by atoms with Crippen LogP contribution >= 0.6 is 11.6 Å². The first-order valence-electron chi connectivity index (χ1n) is 10.9. The number of carbonyl (C=O) groups excluding carboxylic acids is 1. The topological polar surface area (TPSA) is 78.9 Å². The molecule has 2 aromatic carbocycles. The Morgan fingerprint density at radius 1 is 1.06 bits per heavy atom. The average molecular weight is 478 g/mol. The summed E-state index contributed by atoms with van der Waals surface area (Å²) in [5, 5.41) is 0.379. The van der Waals surface area contributed by atoms with Gasteiger partial charge in [-0.15, -0.1) is 0 Å². The normalized spacial score (nSPS) is 18.0. The van der Waals surface area contributed by atoms with Gasteiger partial charge in [0.2, 0.25) is 0 Å². The highest BCUT2D eigenvalue weighted by molar-refractivity contribution is 7.92. The van der Waals surface area contributed by atoms with Crippen molar-refractivity contribution in [3.63, 3.8) is 0 Å². The van der Waals surface area contributed by atoms with Crippen molar-refractivity contribution in [3.8, 4) is 5.75 Å². The smallest absolute Gasteiger partial charge is 0.262 e. The number of hydrogen-bond acceptors (Lipinski definition) is 5. The van der Waals surface area contributed by atoms with Gasteiger partial charge < -0.3 is 9.64 Å². The molecule has 0 radical (unpaired) electrons. The number of piperazine rings is 1. The first-order chi connectivity index (χ1) is 15.4. The lowest BCUT2D eigenvalue weighted by Gasteiger charge is -2.38. The molecule has 7 nitrogen and oxygen atoms in total. The molecule has 1 N–H and O–H groups in total. The summed E-state index contributed by atoms with van der Waals surface area (Å²) < 4.78 is 33.7. The van der Waals surface area contributed by atoms with Gasteiger partial charge in [0.15, 0.2) is 0 Å². The fourth-order valence-corrected chi connectivity index (χ4v) is 5.78. The predicted molar refractivity (Wildman–Crippen MR) is 125 cm³/mol. The maximum absolute atomic E-state index is 13.1. The van der Waals surface area contributed by atoms with Crippen molar-refractivity contribution in [3.05, 3.63) is 53.1 Å². The van der Waals surface area contributed by atoms with Crippen LogP contribution in [0.5, 0.6) is 5.75 Å². The Bertz CT molecular complexity index is 1080. The van der Waals surface area contributed by atoms with Crippen LogP contribution in [0, 0.1) is 0 Å². The number of sulfonamides is 1. The van der Waals surface area contributed by atoms with Gasteiger partial charge in [0.05, 0.1) is 17.7 Å². The highest BCUT2D eigenvalue weighted by Crippen LogP contribution is 2.30. The summed E-state index contributed by atoms with van der Waals surface area (Å²) in [6.45, 7) is 3.05. The van der Waals surface area contributed by atoms with Crippen LogP contribution in [-0.2, 0) is 10.0 Å². The molecular formula is C23H28ClN3O4S. The second-order valence-corrected chi connectivity index (χ2v) is 10.4. The number of carbonyl (C=O) groups is 1. The number of amides is 1. The molecule has 0 atom stereocenters. The van der Waals surface area contributed by atoms with Crippen LogP contribution < -0.4 is 9.46 Å². The van der Waals surface area contributed by atoms with E-state index in [2.05, 4.69) is 9.62 Å². The summed E-state index contributed by atoms with van der Waals surface area (Å²) in [6, 6.07) is 11.5. The fraction of sp³-hybridized carbons (Fsp3) is 0.435. The van der Waals surface area contributed by atoms with Crippen LogP contribution in [-0.4, -0.2) is 63.5 Å². The van der Waals surface area contributed by atoms with Gasteiger partial charge in [0.25, 0.3) is 15.9 Å². The van der Waals surface area contributed by atoms with Crippen molar-refractivity contribution in [2.24, 2.45) is 0 Å². The molecule has 0 aromatic heterocycles. The molecule has 172 valence electrons. The Morgan fingerprint density at radius 3 is 2.47 bits per heavy atom. The van der Waals surface area contributed by atoms with Crippen LogP contribution in [0.15, 0.2) is 47.4 Å². The van der Waals surface area contributed by atoms with E-state index in [1.165, 1.54) is 51.0 Å². The minimum absolute atomic E-state index is 0.00923. The number of methoxy groups -OCH3 is 1. The Morgan fingerprint density at radius 2 is 1.78 bits per heavy atom.